The first kappa shape index (κ1) is 27.0. The van der Waals surface area contributed by atoms with Gasteiger partial charge in [0.15, 0.2) is 6.04 Å². The SMILES string of the molecule is CN(C)C(=O)C1(c2ccc([N+]3(C)C(=O)C(NC(=O)c4ccnn4C)C4c5ccccc5CC45CC53)cc2)CCOCC1. The molecule has 3 fully saturated rings. The summed E-state index contributed by atoms with van der Waals surface area (Å²) >= 11 is 0. The number of hydrogen-bond acceptors (Lipinski definition) is 5. The van der Waals surface area contributed by atoms with E-state index >= 15 is 0 Å². The zero-order valence-corrected chi connectivity index (χ0v) is 24.7. The van der Waals surface area contributed by atoms with E-state index in [0.717, 1.165) is 24.1 Å². The van der Waals surface area contributed by atoms with Crippen molar-refractivity contribution in [2.24, 2.45) is 12.5 Å². The first-order valence-corrected chi connectivity index (χ1v) is 14.8. The molecule has 2 aromatic carbocycles. The minimum absolute atomic E-state index is 0.0109. The number of fused-ring (bicyclic) bond motifs is 2. The number of carbonyl (C=O) groups is 3. The van der Waals surface area contributed by atoms with Gasteiger partial charge in [-0.15, -0.1) is 0 Å². The number of ether oxygens (including phenoxy) is 1. The Morgan fingerprint density at radius 1 is 1.07 bits per heavy atom. The molecule has 3 aromatic rings. The number of nitrogens with one attached hydrogen (secondary N) is 1. The maximum absolute atomic E-state index is 14.7. The monoisotopic (exact) mass is 568 g/mol. The smallest absolute Gasteiger partial charge is 0.341 e. The van der Waals surface area contributed by atoms with E-state index in [1.54, 1.807) is 38.3 Å². The van der Waals surface area contributed by atoms with E-state index in [1.165, 1.54) is 15.8 Å². The van der Waals surface area contributed by atoms with Gasteiger partial charge in [0, 0.05) is 58.3 Å². The Bertz CT molecular complexity index is 1590. The fraction of sp³-hybridized carbons (Fsp3) is 0.455. The Morgan fingerprint density at radius 3 is 2.45 bits per heavy atom. The van der Waals surface area contributed by atoms with Gasteiger partial charge in [0.25, 0.3) is 5.91 Å². The molecule has 0 bridgehead atoms. The van der Waals surface area contributed by atoms with E-state index in [-0.39, 0.29) is 39.6 Å². The molecule has 7 rings (SSSR count). The Hall–Kier alpha value is -3.82. The van der Waals surface area contributed by atoms with Crippen LogP contribution in [0.2, 0.25) is 0 Å². The highest BCUT2D eigenvalue weighted by molar-refractivity contribution is 6.02. The maximum atomic E-state index is 14.7. The molecule has 1 spiro atoms. The Balaban J connectivity index is 1.28. The highest BCUT2D eigenvalue weighted by Crippen LogP contribution is 2.70. The van der Waals surface area contributed by atoms with Crippen molar-refractivity contribution in [3.05, 3.63) is 83.2 Å². The second-order valence-electron chi connectivity index (χ2n) is 13.0. The number of likely N-dealkylation sites (N-methyl/N-ethyl adjacent to an activating group) is 2. The molecule has 9 nitrogen and oxygen atoms in total. The maximum Gasteiger partial charge on any atom is 0.341 e. The normalized spacial score (nSPS) is 30.6. The number of carbonyl (C=O) groups excluding carboxylic acids is 3. The van der Waals surface area contributed by atoms with Crippen molar-refractivity contribution in [1.29, 1.82) is 0 Å². The van der Waals surface area contributed by atoms with Gasteiger partial charge in [0.1, 0.15) is 17.4 Å². The van der Waals surface area contributed by atoms with E-state index in [9.17, 15) is 14.4 Å². The molecule has 2 saturated heterocycles. The van der Waals surface area contributed by atoms with Crippen molar-refractivity contribution in [2.75, 3.05) is 34.4 Å². The number of piperidine rings is 1. The largest absolute Gasteiger partial charge is 0.381 e. The number of quaternary nitrogens is 1. The highest BCUT2D eigenvalue weighted by Gasteiger charge is 2.78. The van der Waals surface area contributed by atoms with E-state index < -0.39 is 11.5 Å². The van der Waals surface area contributed by atoms with Crippen molar-refractivity contribution in [1.82, 2.24) is 24.5 Å². The average Bonchev–Trinajstić information content (AvgIpc) is 3.40. The third-order valence-electron chi connectivity index (χ3n) is 10.7. The predicted octanol–water partition coefficient (Wildman–Crippen LogP) is 2.93. The quantitative estimate of drug-likeness (QED) is 0.478. The molecule has 3 heterocycles. The van der Waals surface area contributed by atoms with E-state index in [1.807, 2.05) is 37.4 Å². The number of rotatable bonds is 5. The lowest BCUT2D eigenvalue weighted by atomic mass is 9.73. The van der Waals surface area contributed by atoms with Gasteiger partial charge in [0.05, 0.1) is 12.5 Å². The summed E-state index contributed by atoms with van der Waals surface area (Å²) < 4.78 is 7.29. The zero-order valence-electron chi connectivity index (χ0n) is 24.7. The molecular formula is C33H38N5O4+. The molecule has 5 atom stereocenters. The van der Waals surface area contributed by atoms with Crippen LogP contribution >= 0.6 is 0 Å². The molecule has 5 unspecified atom stereocenters. The number of likely N-dealkylation sites (tertiary alicyclic amines) is 1. The summed E-state index contributed by atoms with van der Waals surface area (Å²) in [6.45, 7) is 1.08. The number of amides is 3. The first-order chi connectivity index (χ1) is 20.1. The van der Waals surface area contributed by atoms with Crippen molar-refractivity contribution < 1.29 is 19.1 Å². The van der Waals surface area contributed by atoms with Crippen molar-refractivity contribution in [3.63, 3.8) is 0 Å². The van der Waals surface area contributed by atoms with Gasteiger partial charge in [-0.3, -0.25) is 14.3 Å². The van der Waals surface area contributed by atoms with Crippen LogP contribution in [0.4, 0.5) is 5.69 Å². The standard InChI is InChI=1S/C33H37N5O4/c1-36(2)31(41)32(14-17-42-18-15-32)22-9-11-23(12-10-22)38(4)26-20-33(26)19-21-7-5-6-8-24(21)27(33)28(30(38)40)35-29(39)25-13-16-34-37(25)3/h5-13,16,26-28H,14-15,17-20H2,1-4H3/p+1. The third kappa shape index (κ3) is 3.62. The molecule has 4 aliphatic rings. The number of hydrogen-bond donors (Lipinski definition) is 1. The fourth-order valence-electron chi connectivity index (χ4n) is 8.52. The minimum Gasteiger partial charge on any atom is -0.381 e. The van der Waals surface area contributed by atoms with Crippen LogP contribution in [0.15, 0.2) is 60.8 Å². The summed E-state index contributed by atoms with van der Waals surface area (Å²) in [7, 11) is 7.34. The average molecular weight is 569 g/mol. The van der Waals surface area contributed by atoms with E-state index in [4.69, 9.17) is 4.74 Å². The molecular weight excluding hydrogens is 530 g/mol. The van der Waals surface area contributed by atoms with Crippen LogP contribution in [-0.4, -0.2) is 78.8 Å². The molecule has 2 aliphatic carbocycles. The van der Waals surface area contributed by atoms with Gasteiger partial charge in [-0.05, 0) is 54.2 Å². The number of nitrogens with zero attached hydrogens (tertiary/aromatic N) is 4. The van der Waals surface area contributed by atoms with Gasteiger partial charge in [-0.25, -0.2) is 9.28 Å². The van der Waals surface area contributed by atoms with Crippen LogP contribution in [0.5, 0.6) is 0 Å². The Labute approximate surface area is 246 Å². The zero-order chi connectivity index (χ0) is 29.4. The molecule has 9 heteroatoms. The lowest BCUT2D eigenvalue weighted by Gasteiger charge is -2.44. The second kappa shape index (κ2) is 9.34. The number of aryl methyl sites for hydroxylation is 1. The Kier molecular flexibility index (Phi) is 6.01. The van der Waals surface area contributed by atoms with Gasteiger partial charge < -0.3 is 15.0 Å². The lowest BCUT2D eigenvalue weighted by Crippen LogP contribution is -2.67. The number of aromatic nitrogens is 2. The summed E-state index contributed by atoms with van der Waals surface area (Å²) in [5.41, 5.74) is 3.98. The van der Waals surface area contributed by atoms with Gasteiger partial charge in [-0.1, -0.05) is 36.4 Å². The van der Waals surface area contributed by atoms with Crippen molar-refractivity contribution in [2.45, 2.75) is 49.1 Å². The first-order valence-electron chi connectivity index (χ1n) is 14.8. The molecule has 3 amide bonds. The van der Waals surface area contributed by atoms with Crippen LogP contribution in [0.25, 0.3) is 0 Å². The fourth-order valence-corrected chi connectivity index (χ4v) is 8.52. The lowest BCUT2D eigenvalue weighted by molar-refractivity contribution is -0.138. The second-order valence-corrected chi connectivity index (χ2v) is 13.0. The van der Waals surface area contributed by atoms with Crippen LogP contribution in [0.3, 0.4) is 0 Å². The van der Waals surface area contributed by atoms with Gasteiger partial charge >= 0.3 is 5.91 Å². The summed E-state index contributed by atoms with van der Waals surface area (Å²) in [6.07, 6.45) is 4.66. The molecule has 1 N–H and O–H groups in total. The molecule has 1 saturated carbocycles. The van der Waals surface area contributed by atoms with Crippen LogP contribution in [-0.2, 0) is 33.2 Å². The van der Waals surface area contributed by atoms with Gasteiger partial charge in [-0.2, -0.15) is 5.10 Å². The Morgan fingerprint density at radius 2 is 1.79 bits per heavy atom. The minimum atomic E-state index is -0.684. The third-order valence-corrected chi connectivity index (χ3v) is 10.7. The van der Waals surface area contributed by atoms with Crippen LogP contribution < -0.4 is 9.80 Å². The van der Waals surface area contributed by atoms with Crippen molar-refractivity contribution >= 4 is 23.4 Å². The topological polar surface area (TPSA) is 93.5 Å². The highest BCUT2D eigenvalue weighted by atomic mass is 16.5. The summed E-state index contributed by atoms with van der Waals surface area (Å²) in [4.78, 5) is 43.3. The molecule has 2 aliphatic heterocycles. The predicted molar refractivity (Wildman–Crippen MR) is 158 cm³/mol. The summed E-state index contributed by atoms with van der Waals surface area (Å²) in [5.74, 6) is -0.295. The molecule has 1 aromatic heterocycles. The molecule has 42 heavy (non-hydrogen) atoms. The molecule has 218 valence electrons. The van der Waals surface area contributed by atoms with E-state index in [2.05, 4.69) is 28.6 Å². The van der Waals surface area contributed by atoms with Crippen LogP contribution in [0.1, 0.15) is 52.4 Å². The van der Waals surface area contributed by atoms with Crippen molar-refractivity contribution in [3.8, 4) is 0 Å². The van der Waals surface area contributed by atoms with Gasteiger partial charge in [0.2, 0.25) is 5.91 Å². The molecule has 0 radical (unpaired) electrons. The summed E-state index contributed by atoms with van der Waals surface area (Å²) in [5, 5.41) is 7.33. The number of benzene rings is 2. The summed E-state index contributed by atoms with van der Waals surface area (Å²) in [6, 6.07) is 17.6. The van der Waals surface area contributed by atoms with E-state index in [0.29, 0.717) is 31.7 Å². The van der Waals surface area contributed by atoms with Crippen LogP contribution in [0, 0.1) is 5.41 Å².